The SMILES string of the molecule is C=CC[C@]1(C(=O)NNCCC)N=C(c2ccc(OCCCO)cc2)O[C@H]1C. The number of benzene rings is 1. The fraction of sp³-hybridized carbons (Fsp3) is 0.500. The third-order valence-corrected chi connectivity index (χ3v) is 4.36. The van der Waals surface area contributed by atoms with Crippen molar-refractivity contribution in [3.8, 4) is 5.75 Å². The van der Waals surface area contributed by atoms with Crippen LogP contribution < -0.4 is 15.6 Å². The standard InChI is InChI=1S/C20H29N3O4/c1-4-11-20(19(25)23-21-12-5-2)15(3)27-18(22-20)16-7-9-17(10-8-16)26-14-6-13-24/h4,7-10,15,21,24H,1,5-6,11-14H2,2-3H3,(H,23,25)/t15-,20-/m0/s1. The third-order valence-electron chi connectivity index (χ3n) is 4.36. The first-order valence-electron chi connectivity index (χ1n) is 9.32. The number of nitrogens with zero attached hydrogens (tertiary/aromatic N) is 1. The molecule has 148 valence electrons. The Kier molecular flexibility index (Phi) is 7.82. The highest BCUT2D eigenvalue weighted by Crippen LogP contribution is 2.32. The predicted molar refractivity (Wildman–Crippen MR) is 105 cm³/mol. The molecule has 0 saturated carbocycles. The van der Waals surface area contributed by atoms with Gasteiger partial charge in [0.1, 0.15) is 11.9 Å². The Balaban J connectivity index is 2.16. The average Bonchev–Trinajstić information content (AvgIpc) is 3.00. The second-order valence-electron chi connectivity index (χ2n) is 6.42. The lowest BCUT2D eigenvalue weighted by molar-refractivity contribution is -0.129. The number of rotatable bonds is 11. The van der Waals surface area contributed by atoms with Gasteiger partial charge in [0.25, 0.3) is 5.91 Å². The molecular weight excluding hydrogens is 346 g/mol. The molecule has 7 heteroatoms. The van der Waals surface area contributed by atoms with Gasteiger partial charge in [0.05, 0.1) is 6.61 Å². The van der Waals surface area contributed by atoms with Gasteiger partial charge in [0.2, 0.25) is 5.90 Å². The molecule has 0 bridgehead atoms. The molecule has 2 atom stereocenters. The maximum atomic E-state index is 12.8. The highest BCUT2D eigenvalue weighted by Gasteiger charge is 2.49. The number of aliphatic imine (C=N–C) groups is 1. The minimum absolute atomic E-state index is 0.0984. The van der Waals surface area contributed by atoms with Gasteiger partial charge < -0.3 is 14.6 Å². The van der Waals surface area contributed by atoms with Gasteiger partial charge in [-0.2, -0.15) is 0 Å². The molecule has 2 rings (SSSR count). The first-order valence-corrected chi connectivity index (χ1v) is 9.32. The number of amides is 1. The van der Waals surface area contributed by atoms with E-state index in [1.165, 1.54) is 0 Å². The van der Waals surface area contributed by atoms with Crippen LogP contribution in [0.25, 0.3) is 0 Å². The number of hydrazine groups is 1. The summed E-state index contributed by atoms with van der Waals surface area (Å²) in [7, 11) is 0. The summed E-state index contributed by atoms with van der Waals surface area (Å²) in [6, 6.07) is 7.33. The number of hydrogen-bond acceptors (Lipinski definition) is 6. The molecule has 27 heavy (non-hydrogen) atoms. The molecule has 1 heterocycles. The highest BCUT2D eigenvalue weighted by atomic mass is 16.5. The van der Waals surface area contributed by atoms with E-state index in [9.17, 15) is 4.79 Å². The fourth-order valence-electron chi connectivity index (χ4n) is 2.78. The largest absolute Gasteiger partial charge is 0.494 e. The molecule has 0 spiro atoms. The second kappa shape index (κ2) is 10.1. The smallest absolute Gasteiger partial charge is 0.266 e. The van der Waals surface area contributed by atoms with Crippen molar-refractivity contribution in [3.63, 3.8) is 0 Å². The Labute approximate surface area is 160 Å². The van der Waals surface area contributed by atoms with Gasteiger partial charge in [-0.3, -0.25) is 10.2 Å². The van der Waals surface area contributed by atoms with Gasteiger partial charge in [-0.05, 0) is 37.6 Å². The normalized spacial score (nSPS) is 21.3. The zero-order valence-electron chi connectivity index (χ0n) is 16.0. The van der Waals surface area contributed by atoms with Crippen molar-refractivity contribution >= 4 is 11.8 Å². The van der Waals surface area contributed by atoms with E-state index in [0.717, 1.165) is 12.0 Å². The van der Waals surface area contributed by atoms with Crippen molar-refractivity contribution in [2.45, 2.75) is 44.8 Å². The second-order valence-corrected chi connectivity index (χ2v) is 6.42. The first-order chi connectivity index (χ1) is 13.1. The van der Waals surface area contributed by atoms with Crippen LogP contribution in [0, 0.1) is 0 Å². The number of hydrogen-bond donors (Lipinski definition) is 3. The minimum atomic E-state index is -1.05. The van der Waals surface area contributed by atoms with Crippen molar-refractivity contribution in [2.75, 3.05) is 19.8 Å². The van der Waals surface area contributed by atoms with Crippen molar-refractivity contribution in [2.24, 2.45) is 4.99 Å². The van der Waals surface area contributed by atoms with Crippen LogP contribution >= 0.6 is 0 Å². The van der Waals surface area contributed by atoms with Gasteiger partial charge in [0, 0.05) is 31.6 Å². The predicted octanol–water partition coefficient (Wildman–Crippen LogP) is 1.96. The van der Waals surface area contributed by atoms with E-state index in [2.05, 4.69) is 22.4 Å². The molecule has 3 N–H and O–H groups in total. The molecule has 0 radical (unpaired) electrons. The Bertz CT molecular complexity index is 660. The van der Waals surface area contributed by atoms with Gasteiger partial charge in [-0.1, -0.05) is 13.0 Å². The third kappa shape index (κ3) is 5.08. The lowest BCUT2D eigenvalue weighted by atomic mass is 9.90. The van der Waals surface area contributed by atoms with E-state index >= 15 is 0 Å². The number of nitrogens with one attached hydrogen (secondary N) is 2. The maximum Gasteiger partial charge on any atom is 0.266 e. The summed E-state index contributed by atoms with van der Waals surface area (Å²) in [6.07, 6.45) is 3.13. The monoisotopic (exact) mass is 375 g/mol. The zero-order valence-corrected chi connectivity index (χ0v) is 16.0. The lowest BCUT2D eigenvalue weighted by Gasteiger charge is -2.26. The summed E-state index contributed by atoms with van der Waals surface area (Å²) in [4.78, 5) is 17.4. The van der Waals surface area contributed by atoms with E-state index in [4.69, 9.17) is 14.6 Å². The van der Waals surface area contributed by atoms with Crippen LogP contribution in [0.1, 0.15) is 38.7 Å². The molecule has 1 amide bonds. The molecule has 1 aromatic carbocycles. The molecular formula is C20H29N3O4. The lowest BCUT2D eigenvalue weighted by Crippen LogP contribution is -2.54. The highest BCUT2D eigenvalue weighted by molar-refractivity contribution is 6.00. The van der Waals surface area contributed by atoms with Crippen LogP contribution in [0.3, 0.4) is 0 Å². The molecule has 0 saturated heterocycles. The summed E-state index contributed by atoms with van der Waals surface area (Å²) in [6.45, 7) is 8.86. The average molecular weight is 375 g/mol. The van der Waals surface area contributed by atoms with Crippen molar-refractivity contribution in [1.29, 1.82) is 0 Å². The number of aliphatic hydroxyl groups excluding tert-OH is 1. The molecule has 0 aromatic heterocycles. The molecule has 1 aliphatic rings. The Morgan fingerprint density at radius 2 is 2.19 bits per heavy atom. The van der Waals surface area contributed by atoms with Crippen molar-refractivity contribution in [1.82, 2.24) is 10.9 Å². The summed E-state index contributed by atoms with van der Waals surface area (Å²) >= 11 is 0. The van der Waals surface area contributed by atoms with Gasteiger partial charge in [-0.15, -0.1) is 6.58 Å². The van der Waals surface area contributed by atoms with Gasteiger partial charge in [-0.25, -0.2) is 10.4 Å². The van der Waals surface area contributed by atoms with Gasteiger partial charge in [0.15, 0.2) is 5.54 Å². The Morgan fingerprint density at radius 3 is 2.81 bits per heavy atom. The summed E-state index contributed by atoms with van der Waals surface area (Å²) in [5.41, 5.74) is 5.36. The van der Waals surface area contributed by atoms with Crippen LogP contribution in [0.5, 0.6) is 5.75 Å². The Morgan fingerprint density at radius 1 is 1.44 bits per heavy atom. The van der Waals surface area contributed by atoms with E-state index in [-0.39, 0.29) is 12.5 Å². The van der Waals surface area contributed by atoms with Crippen molar-refractivity contribution < 1.29 is 19.4 Å². The van der Waals surface area contributed by atoms with E-state index in [0.29, 0.717) is 37.6 Å². The number of carbonyl (C=O) groups excluding carboxylic acids is 1. The van der Waals surface area contributed by atoms with Crippen LogP contribution in [-0.2, 0) is 9.53 Å². The van der Waals surface area contributed by atoms with Crippen LogP contribution in [0.2, 0.25) is 0 Å². The summed E-state index contributed by atoms with van der Waals surface area (Å²) in [5.74, 6) is 0.900. The molecule has 0 aliphatic carbocycles. The maximum absolute atomic E-state index is 12.8. The fourth-order valence-corrected chi connectivity index (χ4v) is 2.78. The quantitative estimate of drug-likeness (QED) is 0.312. The van der Waals surface area contributed by atoms with Crippen LogP contribution in [0.15, 0.2) is 41.9 Å². The molecule has 7 nitrogen and oxygen atoms in total. The summed E-state index contributed by atoms with van der Waals surface area (Å²) in [5, 5.41) is 8.81. The summed E-state index contributed by atoms with van der Waals surface area (Å²) < 4.78 is 11.5. The van der Waals surface area contributed by atoms with E-state index in [1.807, 2.05) is 38.1 Å². The van der Waals surface area contributed by atoms with E-state index < -0.39 is 11.6 Å². The minimum Gasteiger partial charge on any atom is -0.494 e. The molecule has 0 unspecified atom stereocenters. The van der Waals surface area contributed by atoms with Crippen molar-refractivity contribution in [3.05, 3.63) is 42.5 Å². The van der Waals surface area contributed by atoms with Gasteiger partial charge >= 0.3 is 0 Å². The van der Waals surface area contributed by atoms with Crippen LogP contribution in [0.4, 0.5) is 0 Å². The zero-order chi connectivity index (χ0) is 19.7. The Hall–Kier alpha value is -2.38. The first kappa shape index (κ1) is 20.9. The number of aliphatic hydroxyl groups is 1. The number of carbonyl (C=O) groups is 1. The number of ether oxygens (including phenoxy) is 2. The molecule has 0 fully saturated rings. The molecule has 1 aliphatic heterocycles. The van der Waals surface area contributed by atoms with Crippen LogP contribution in [-0.4, -0.2) is 48.3 Å². The molecule has 1 aromatic rings. The van der Waals surface area contributed by atoms with E-state index in [1.54, 1.807) is 6.08 Å². The topological polar surface area (TPSA) is 92.2 Å².